The van der Waals surface area contributed by atoms with Crippen molar-refractivity contribution in [1.29, 1.82) is 0 Å². The molecule has 0 saturated heterocycles. The predicted molar refractivity (Wildman–Crippen MR) is 104 cm³/mol. The molecular formula is C20H18N6O2. The number of hydrogen-bond acceptors (Lipinski definition) is 8. The van der Waals surface area contributed by atoms with Crippen LogP contribution in [-0.4, -0.2) is 39.0 Å². The van der Waals surface area contributed by atoms with E-state index in [-0.39, 0.29) is 0 Å². The molecule has 0 bridgehead atoms. The third kappa shape index (κ3) is 4.12. The lowest BCUT2D eigenvalue weighted by Gasteiger charge is -2.06. The van der Waals surface area contributed by atoms with Gasteiger partial charge in [-0.25, -0.2) is 4.98 Å². The van der Waals surface area contributed by atoms with Crippen LogP contribution in [0.5, 0.6) is 5.75 Å². The average Bonchev–Trinajstić information content (AvgIpc) is 3.24. The molecule has 0 unspecified atom stereocenters. The van der Waals surface area contributed by atoms with Gasteiger partial charge in [-0.3, -0.25) is 0 Å². The average molecular weight is 374 g/mol. The van der Waals surface area contributed by atoms with Gasteiger partial charge in [0.05, 0.1) is 19.0 Å². The molecule has 2 aromatic heterocycles. The van der Waals surface area contributed by atoms with E-state index in [0.29, 0.717) is 36.3 Å². The first-order valence-corrected chi connectivity index (χ1v) is 8.78. The highest BCUT2D eigenvalue weighted by Crippen LogP contribution is 2.22. The summed E-state index contributed by atoms with van der Waals surface area (Å²) in [5.41, 5.74) is 2.53. The van der Waals surface area contributed by atoms with Gasteiger partial charge in [-0.15, -0.1) is 5.10 Å². The fourth-order valence-corrected chi connectivity index (χ4v) is 2.64. The molecule has 0 atom stereocenters. The second kappa shape index (κ2) is 8.26. The molecular weight excluding hydrogens is 356 g/mol. The molecule has 0 aliphatic rings. The Bertz CT molecular complexity index is 1050. The lowest BCUT2D eigenvalue weighted by molar-refractivity contribution is 0.381. The standard InChI is InChI=1S/C20H18N6O2/c1-27-16-9-5-8-15(12-16)17-13-22-25-20(23-17)21-11-10-18-24-19(26-28-18)14-6-3-2-4-7-14/h2-9,12-13H,10-11H2,1H3,(H,21,23,25). The number of methoxy groups -OCH3 is 1. The number of rotatable bonds is 7. The zero-order valence-corrected chi connectivity index (χ0v) is 15.2. The van der Waals surface area contributed by atoms with Crippen molar-refractivity contribution in [2.75, 3.05) is 19.0 Å². The first-order chi connectivity index (χ1) is 13.8. The highest BCUT2D eigenvalue weighted by atomic mass is 16.5. The molecule has 0 aliphatic heterocycles. The summed E-state index contributed by atoms with van der Waals surface area (Å²) in [5.74, 6) is 2.32. The highest BCUT2D eigenvalue weighted by Gasteiger charge is 2.09. The van der Waals surface area contributed by atoms with Crippen LogP contribution < -0.4 is 10.1 Å². The van der Waals surface area contributed by atoms with E-state index in [0.717, 1.165) is 16.9 Å². The zero-order chi connectivity index (χ0) is 19.2. The summed E-state index contributed by atoms with van der Waals surface area (Å²) in [5, 5.41) is 15.2. The Morgan fingerprint density at radius 2 is 1.86 bits per heavy atom. The molecule has 4 rings (SSSR count). The molecule has 28 heavy (non-hydrogen) atoms. The molecule has 8 nitrogen and oxygen atoms in total. The van der Waals surface area contributed by atoms with Gasteiger partial charge in [0, 0.05) is 24.1 Å². The summed E-state index contributed by atoms with van der Waals surface area (Å²) in [6.45, 7) is 0.541. The van der Waals surface area contributed by atoms with Crippen molar-refractivity contribution in [3.8, 4) is 28.4 Å². The maximum atomic E-state index is 5.30. The van der Waals surface area contributed by atoms with Gasteiger partial charge < -0.3 is 14.6 Å². The Labute approximate surface area is 161 Å². The van der Waals surface area contributed by atoms with Gasteiger partial charge in [-0.05, 0) is 12.1 Å². The van der Waals surface area contributed by atoms with Crippen LogP contribution in [0, 0.1) is 0 Å². The molecule has 8 heteroatoms. The number of hydrogen-bond donors (Lipinski definition) is 1. The molecule has 4 aromatic rings. The summed E-state index contributed by atoms with van der Waals surface area (Å²) < 4.78 is 10.6. The summed E-state index contributed by atoms with van der Waals surface area (Å²) in [4.78, 5) is 8.90. The van der Waals surface area contributed by atoms with E-state index in [1.54, 1.807) is 13.3 Å². The molecule has 2 heterocycles. The molecule has 1 N–H and O–H groups in total. The highest BCUT2D eigenvalue weighted by molar-refractivity contribution is 5.61. The minimum atomic E-state index is 0.433. The molecule has 0 amide bonds. The quantitative estimate of drug-likeness (QED) is 0.526. The van der Waals surface area contributed by atoms with Crippen LogP contribution in [0.15, 0.2) is 65.3 Å². The van der Waals surface area contributed by atoms with Crippen molar-refractivity contribution in [2.24, 2.45) is 0 Å². The summed E-state index contributed by atoms with van der Waals surface area (Å²) in [6, 6.07) is 17.3. The lowest BCUT2D eigenvalue weighted by Crippen LogP contribution is -2.09. The largest absolute Gasteiger partial charge is 0.497 e. The minimum absolute atomic E-state index is 0.433. The Kier molecular flexibility index (Phi) is 5.19. The molecule has 0 aliphatic carbocycles. The first kappa shape index (κ1) is 17.6. The number of nitrogens with zero attached hydrogens (tertiary/aromatic N) is 5. The van der Waals surface area contributed by atoms with E-state index < -0.39 is 0 Å². The van der Waals surface area contributed by atoms with E-state index in [9.17, 15) is 0 Å². The first-order valence-electron chi connectivity index (χ1n) is 8.78. The van der Waals surface area contributed by atoms with E-state index in [4.69, 9.17) is 9.26 Å². The van der Waals surface area contributed by atoms with Gasteiger partial charge in [-0.2, -0.15) is 10.1 Å². The smallest absolute Gasteiger partial charge is 0.243 e. The molecule has 140 valence electrons. The molecule has 2 aromatic carbocycles. The molecule has 0 spiro atoms. The summed E-state index contributed by atoms with van der Waals surface area (Å²) in [6.07, 6.45) is 2.16. The van der Waals surface area contributed by atoms with Gasteiger partial charge in [0.15, 0.2) is 0 Å². The van der Waals surface area contributed by atoms with Crippen LogP contribution in [0.25, 0.3) is 22.6 Å². The summed E-state index contributed by atoms with van der Waals surface area (Å²) in [7, 11) is 1.63. The van der Waals surface area contributed by atoms with Crippen molar-refractivity contribution in [3.05, 3.63) is 66.7 Å². The minimum Gasteiger partial charge on any atom is -0.497 e. The van der Waals surface area contributed by atoms with E-state index in [1.165, 1.54) is 0 Å². The number of aromatic nitrogens is 5. The van der Waals surface area contributed by atoms with Crippen LogP contribution in [0.1, 0.15) is 5.89 Å². The van der Waals surface area contributed by atoms with Crippen molar-refractivity contribution >= 4 is 5.95 Å². The van der Waals surface area contributed by atoms with Gasteiger partial charge in [0.1, 0.15) is 5.75 Å². The van der Waals surface area contributed by atoms with E-state index in [1.807, 2.05) is 54.6 Å². The molecule has 0 fully saturated rings. The number of anilines is 1. The van der Waals surface area contributed by atoms with Crippen LogP contribution in [0.4, 0.5) is 5.95 Å². The normalized spacial score (nSPS) is 10.6. The molecule has 0 radical (unpaired) electrons. The Balaban J connectivity index is 1.39. The van der Waals surface area contributed by atoms with Crippen molar-refractivity contribution in [2.45, 2.75) is 6.42 Å². The van der Waals surface area contributed by atoms with Crippen LogP contribution >= 0.6 is 0 Å². The Hall–Kier alpha value is -3.81. The number of nitrogens with one attached hydrogen (secondary N) is 1. The monoisotopic (exact) mass is 374 g/mol. The Morgan fingerprint density at radius 3 is 2.71 bits per heavy atom. The van der Waals surface area contributed by atoms with Gasteiger partial charge in [0.25, 0.3) is 0 Å². The Morgan fingerprint density at radius 1 is 1.00 bits per heavy atom. The second-order valence-electron chi connectivity index (χ2n) is 5.95. The zero-order valence-electron chi connectivity index (χ0n) is 15.2. The van der Waals surface area contributed by atoms with Crippen LogP contribution in [-0.2, 0) is 6.42 Å². The fourth-order valence-electron chi connectivity index (χ4n) is 2.64. The topological polar surface area (TPSA) is 98.9 Å². The van der Waals surface area contributed by atoms with Crippen molar-refractivity contribution < 1.29 is 9.26 Å². The van der Waals surface area contributed by atoms with E-state index >= 15 is 0 Å². The van der Waals surface area contributed by atoms with E-state index in [2.05, 4.69) is 30.6 Å². The second-order valence-corrected chi connectivity index (χ2v) is 5.95. The molecule has 0 saturated carbocycles. The maximum Gasteiger partial charge on any atom is 0.243 e. The third-order valence-corrected chi connectivity index (χ3v) is 4.05. The van der Waals surface area contributed by atoms with Crippen LogP contribution in [0.3, 0.4) is 0 Å². The number of benzene rings is 2. The van der Waals surface area contributed by atoms with Gasteiger partial charge in [0.2, 0.25) is 17.7 Å². The van der Waals surface area contributed by atoms with Gasteiger partial charge >= 0.3 is 0 Å². The van der Waals surface area contributed by atoms with Crippen molar-refractivity contribution in [1.82, 2.24) is 25.3 Å². The lowest BCUT2D eigenvalue weighted by atomic mass is 10.1. The van der Waals surface area contributed by atoms with Crippen LogP contribution in [0.2, 0.25) is 0 Å². The van der Waals surface area contributed by atoms with Crippen molar-refractivity contribution in [3.63, 3.8) is 0 Å². The maximum absolute atomic E-state index is 5.30. The SMILES string of the molecule is COc1cccc(-c2cnnc(NCCc3nc(-c4ccccc4)no3)n2)c1. The third-order valence-electron chi connectivity index (χ3n) is 4.05. The summed E-state index contributed by atoms with van der Waals surface area (Å²) >= 11 is 0. The van der Waals surface area contributed by atoms with Gasteiger partial charge in [-0.1, -0.05) is 47.6 Å². The fraction of sp³-hybridized carbons (Fsp3) is 0.150. The predicted octanol–water partition coefficient (Wildman–Crippen LogP) is 3.25. The number of ether oxygens (including phenoxy) is 1.